The Balaban J connectivity index is 1.91. The number of hydrogen-bond acceptors (Lipinski definition) is 2. The third kappa shape index (κ3) is 2.87. The van der Waals surface area contributed by atoms with E-state index in [2.05, 4.69) is 0 Å². The number of thiophene rings is 1. The Morgan fingerprint density at radius 3 is 2.45 bits per heavy atom. The van der Waals surface area contributed by atoms with Crippen molar-refractivity contribution in [2.24, 2.45) is 0 Å². The second-order valence-corrected chi connectivity index (χ2v) is 6.48. The predicted octanol–water partition coefficient (Wildman–Crippen LogP) is 5.22. The molecule has 0 bridgehead atoms. The molecule has 0 saturated carbocycles. The van der Waals surface area contributed by atoms with Crippen molar-refractivity contribution in [3.63, 3.8) is 0 Å². The first kappa shape index (κ1) is 15.1. The van der Waals surface area contributed by atoms with Gasteiger partial charge < -0.3 is 4.90 Å². The van der Waals surface area contributed by atoms with Crippen molar-refractivity contribution in [1.82, 2.24) is 4.90 Å². The van der Waals surface area contributed by atoms with Crippen molar-refractivity contribution in [2.45, 2.75) is 13.5 Å². The maximum Gasteiger partial charge on any atom is 0.265 e. The van der Waals surface area contributed by atoms with E-state index in [1.165, 1.54) is 11.3 Å². The summed E-state index contributed by atoms with van der Waals surface area (Å²) in [6, 6.07) is 17.9. The molecule has 3 aromatic rings. The van der Waals surface area contributed by atoms with Crippen molar-refractivity contribution in [3.8, 4) is 0 Å². The zero-order valence-corrected chi connectivity index (χ0v) is 13.8. The summed E-state index contributed by atoms with van der Waals surface area (Å²) in [6.07, 6.45) is 0. The summed E-state index contributed by atoms with van der Waals surface area (Å²) in [4.78, 5) is 15.3. The Morgan fingerprint density at radius 1 is 1.09 bits per heavy atom. The average molecular weight is 330 g/mol. The van der Waals surface area contributed by atoms with Gasteiger partial charge in [0, 0.05) is 23.2 Å². The minimum absolute atomic E-state index is 0.00227. The molecular formula is C18H16ClNOS. The van der Waals surface area contributed by atoms with Crippen molar-refractivity contribution in [2.75, 3.05) is 6.54 Å². The van der Waals surface area contributed by atoms with Crippen LogP contribution >= 0.6 is 22.9 Å². The van der Waals surface area contributed by atoms with E-state index in [9.17, 15) is 4.79 Å². The normalized spacial score (nSPS) is 10.8. The van der Waals surface area contributed by atoms with Gasteiger partial charge in [-0.2, -0.15) is 0 Å². The number of fused-ring (bicyclic) bond motifs is 1. The molecule has 0 radical (unpaired) electrons. The van der Waals surface area contributed by atoms with Crippen LogP contribution in [0.2, 0.25) is 5.02 Å². The van der Waals surface area contributed by atoms with Crippen molar-refractivity contribution < 1.29 is 4.79 Å². The highest BCUT2D eigenvalue weighted by Gasteiger charge is 2.21. The standard InChI is InChI=1S/C18H16ClNOS/c1-2-20(12-13-8-4-3-5-9-13)18(21)17-16(19)14-10-6-7-11-15(14)22-17/h3-11H,2,12H2,1H3. The fraction of sp³-hybridized carbons (Fsp3) is 0.167. The van der Waals surface area contributed by atoms with Crippen LogP contribution in [0.25, 0.3) is 10.1 Å². The van der Waals surface area contributed by atoms with E-state index in [1.807, 2.05) is 66.4 Å². The van der Waals surface area contributed by atoms with Crippen LogP contribution < -0.4 is 0 Å². The van der Waals surface area contributed by atoms with Crippen molar-refractivity contribution in [3.05, 3.63) is 70.1 Å². The third-order valence-electron chi connectivity index (χ3n) is 3.61. The Hall–Kier alpha value is -1.84. The topological polar surface area (TPSA) is 20.3 Å². The maximum atomic E-state index is 12.8. The van der Waals surface area contributed by atoms with E-state index in [1.54, 1.807) is 0 Å². The van der Waals surface area contributed by atoms with Gasteiger partial charge in [0.25, 0.3) is 5.91 Å². The highest BCUT2D eigenvalue weighted by Crippen LogP contribution is 2.36. The van der Waals surface area contributed by atoms with Gasteiger partial charge >= 0.3 is 0 Å². The molecule has 0 atom stereocenters. The van der Waals surface area contributed by atoms with Gasteiger partial charge in [0.15, 0.2) is 0 Å². The summed E-state index contributed by atoms with van der Waals surface area (Å²) in [5, 5.41) is 1.52. The monoisotopic (exact) mass is 329 g/mol. The molecule has 2 nitrogen and oxygen atoms in total. The smallest absolute Gasteiger partial charge is 0.265 e. The van der Waals surface area contributed by atoms with Gasteiger partial charge in [0.1, 0.15) is 4.88 Å². The van der Waals surface area contributed by atoms with Gasteiger partial charge in [-0.15, -0.1) is 11.3 Å². The van der Waals surface area contributed by atoms with Crippen LogP contribution in [-0.2, 0) is 6.54 Å². The van der Waals surface area contributed by atoms with Crippen LogP contribution in [0.3, 0.4) is 0 Å². The Kier molecular flexibility index (Phi) is 4.46. The first-order valence-corrected chi connectivity index (χ1v) is 8.40. The van der Waals surface area contributed by atoms with E-state index in [4.69, 9.17) is 11.6 Å². The lowest BCUT2D eigenvalue weighted by molar-refractivity contribution is 0.0757. The predicted molar refractivity (Wildman–Crippen MR) is 93.7 cm³/mol. The number of nitrogens with zero attached hydrogens (tertiary/aromatic N) is 1. The molecule has 0 N–H and O–H groups in total. The maximum absolute atomic E-state index is 12.8. The molecule has 2 aromatic carbocycles. The Labute approximate surface area is 138 Å². The molecule has 1 amide bonds. The summed E-state index contributed by atoms with van der Waals surface area (Å²) >= 11 is 7.88. The fourth-order valence-corrected chi connectivity index (χ4v) is 3.91. The molecule has 0 spiro atoms. The number of carbonyl (C=O) groups excluding carboxylic acids is 1. The van der Waals surface area contributed by atoms with Crippen molar-refractivity contribution >= 4 is 38.9 Å². The van der Waals surface area contributed by atoms with E-state index in [0.29, 0.717) is 23.0 Å². The Bertz CT molecular complexity index is 797. The molecule has 4 heteroatoms. The molecule has 0 aliphatic heterocycles. The zero-order chi connectivity index (χ0) is 15.5. The third-order valence-corrected chi connectivity index (χ3v) is 5.28. The molecule has 112 valence electrons. The van der Waals surface area contributed by atoms with Crippen LogP contribution in [0, 0.1) is 0 Å². The first-order valence-electron chi connectivity index (χ1n) is 7.21. The molecule has 3 rings (SSSR count). The lowest BCUT2D eigenvalue weighted by Crippen LogP contribution is -2.29. The number of carbonyl (C=O) groups is 1. The number of hydrogen-bond donors (Lipinski definition) is 0. The molecule has 0 fully saturated rings. The molecule has 1 aromatic heterocycles. The highest BCUT2D eigenvalue weighted by molar-refractivity contribution is 7.21. The molecule has 1 heterocycles. The number of benzene rings is 2. The molecule has 0 aliphatic carbocycles. The minimum atomic E-state index is -0.00227. The minimum Gasteiger partial charge on any atom is -0.334 e. The quantitative estimate of drug-likeness (QED) is 0.643. The van der Waals surface area contributed by atoms with Crippen LogP contribution in [0.5, 0.6) is 0 Å². The lowest BCUT2D eigenvalue weighted by Gasteiger charge is -2.20. The van der Waals surface area contributed by atoms with Crippen LogP contribution in [-0.4, -0.2) is 17.4 Å². The van der Waals surface area contributed by atoms with Gasteiger partial charge in [-0.25, -0.2) is 0 Å². The summed E-state index contributed by atoms with van der Waals surface area (Å²) in [5.41, 5.74) is 1.12. The van der Waals surface area contributed by atoms with Gasteiger partial charge in [-0.05, 0) is 18.6 Å². The van der Waals surface area contributed by atoms with Gasteiger partial charge in [0.2, 0.25) is 0 Å². The van der Waals surface area contributed by atoms with E-state index < -0.39 is 0 Å². The highest BCUT2D eigenvalue weighted by atomic mass is 35.5. The second-order valence-electron chi connectivity index (χ2n) is 5.05. The number of amides is 1. The average Bonchev–Trinajstić information content (AvgIpc) is 2.90. The summed E-state index contributed by atoms with van der Waals surface area (Å²) in [7, 11) is 0. The molecule has 0 unspecified atom stereocenters. The van der Waals surface area contributed by atoms with E-state index in [-0.39, 0.29) is 5.91 Å². The largest absolute Gasteiger partial charge is 0.334 e. The molecular weight excluding hydrogens is 314 g/mol. The second kappa shape index (κ2) is 6.51. The zero-order valence-electron chi connectivity index (χ0n) is 12.3. The number of rotatable bonds is 4. The first-order chi connectivity index (χ1) is 10.7. The summed E-state index contributed by atoms with van der Waals surface area (Å²) in [5.74, 6) is -0.00227. The molecule has 0 saturated heterocycles. The van der Waals surface area contributed by atoms with Gasteiger partial charge in [-0.1, -0.05) is 60.1 Å². The molecule has 0 aliphatic rings. The SMILES string of the molecule is CCN(Cc1ccccc1)C(=O)c1sc2ccccc2c1Cl. The van der Waals surface area contributed by atoms with Crippen LogP contribution in [0.4, 0.5) is 0 Å². The van der Waals surface area contributed by atoms with Gasteiger partial charge in [0.05, 0.1) is 5.02 Å². The van der Waals surface area contributed by atoms with Crippen molar-refractivity contribution in [1.29, 1.82) is 0 Å². The van der Waals surface area contributed by atoms with E-state index in [0.717, 1.165) is 15.6 Å². The summed E-state index contributed by atoms with van der Waals surface area (Å²) < 4.78 is 1.05. The summed E-state index contributed by atoms with van der Waals surface area (Å²) in [6.45, 7) is 3.24. The Morgan fingerprint density at radius 2 is 1.77 bits per heavy atom. The fourth-order valence-electron chi connectivity index (χ4n) is 2.43. The van der Waals surface area contributed by atoms with Crippen LogP contribution in [0.15, 0.2) is 54.6 Å². The van der Waals surface area contributed by atoms with Gasteiger partial charge in [-0.3, -0.25) is 4.79 Å². The number of halogens is 1. The van der Waals surface area contributed by atoms with E-state index >= 15 is 0 Å². The lowest BCUT2D eigenvalue weighted by atomic mass is 10.2. The molecule has 22 heavy (non-hydrogen) atoms. The van der Waals surface area contributed by atoms with Crippen LogP contribution in [0.1, 0.15) is 22.2 Å².